The monoisotopic (exact) mass is 286 g/mol. The van der Waals surface area contributed by atoms with E-state index < -0.39 is 0 Å². The van der Waals surface area contributed by atoms with Crippen LogP contribution in [0, 0.1) is 17.3 Å². The standard InChI is InChI=1S/C20H30O/c1-8-20(7)10-9-17(13-19(20)15(4)5)16(6)12-18(21)11-14(2)3/h8,11,17,19H,1,4,6,9-10,12-13H2,2-3,5,7H3. The molecule has 0 bridgehead atoms. The van der Waals surface area contributed by atoms with Crippen LogP contribution >= 0.6 is 0 Å². The average molecular weight is 286 g/mol. The van der Waals surface area contributed by atoms with E-state index in [1.54, 1.807) is 6.08 Å². The number of carbonyl (C=O) groups is 1. The molecular weight excluding hydrogens is 256 g/mol. The molecule has 0 heterocycles. The van der Waals surface area contributed by atoms with Crippen molar-refractivity contribution in [3.63, 3.8) is 0 Å². The van der Waals surface area contributed by atoms with Crippen LogP contribution in [0.3, 0.4) is 0 Å². The molecule has 0 aromatic carbocycles. The number of hydrogen-bond acceptors (Lipinski definition) is 1. The topological polar surface area (TPSA) is 17.1 Å². The van der Waals surface area contributed by atoms with Crippen molar-refractivity contribution in [1.29, 1.82) is 0 Å². The van der Waals surface area contributed by atoms with Gasteiger partial charge in [0.05, 0.1) is 0 Å². The van der Waals surface area contributed by atoms with E-state index in [1.165, 1.54) is 5.57 Å². The summed E-state index contributed by atoms with van der Waals surface area (Å²) >= 11 is 0. The van der Waals surface area contributed by atoms with Gasteiger partial charge in [0.25, 0.3) is 0 Å². The Morgan fingerprint density at radius 2 is 1.90 bits per heavy atom. The molecule has 0 N–H and O–H groups in total. The third-order valence-corrected chi connectivity index (χ3v) is 4.84. The highest BCUT2D eigenvalue weighted by atomic mass is 16.1. The Bertz CT molecular complexity index is 476. The molecule has 0 aliphatic heterocycles. The first-order chi connectivity index (χ1) is 9.69. The van der Waals surface area contributed by atoms with Crippen molar-refractivity contribution in [2.45, 2.75) is 53.4 Å². The third-order valence-electron chi connectivity index (χ3n) is 4.84. The van der Waals surface area contributed by atoms with Gasteiger partial charge in [-0.25, -0.2) is 0 Å². The van der Waals surface area contributed by atoms with Crippen LogP contribution in [0.4, 0.5) is 0 Å². The van der Waals surface area contributed by atoms with Gasteiger partial charge in [0, 0.05) is 6.42 Å². The average Bonchev–Trinajstić information content (AvgIpc) is 2.37. The summed E-state index contributed by atoms with van der Waals surface area (Å²) in [5, 5.41) is 0. The Labute approximate surface area is 130 Å². The van der Waals surface area contributed by atoms with Crippen LogP contribution in [0.1, 0.15) is 53.4 Å². The van der Waals surface area contributed by atoms with Gasteiger partial charge in [0.1, 0.15) is 0 Å². The lowest BCUT2D eigenvalue weighted by atomic mass is 9.61. The van der Waals surface area contributed by atoms with Gasteiger partial charge in [-0.1, -0.05) is 42.9 Å². The Kier molecular flexibility index (Phi) is 5.95. The Hall–Kier alpha value is -1.37. The van der Waals surface area contributed by atoms with E-state index >= 15 is 0 Å². The number of rotatable bonds is 6. The zero-order valence-electron chi connectivity index (χ0n) is 14.2. The summed E-state index contributed by atoms with van der Waals surface area (Å²) in [6, 6.07) is 0. The molecule has 1 aliphatic rings. The first kappa shape index (κ1) is 17.7. The van der Waals surface area contributed by atoms with Gasteiger partial charge in [0.15, 0.2) is 5.78 Å². The van der Waals surface area contributed by atoms with E-state index in [4.69, 9.17) is 0 Å². The summed E-state index contributed by atoms with van der Waals surface area (Å²) in [5.41, 5.74) is 3.47. The van der Waals surface area contributed by atoms with E-state index in [1.807, 2.05) is 13.8 Å². The maximum absolute atomic E-state index is 11.9. The van der Waals surface area contributed by atoms with Crippen molar-refractivity contribution in [2.75, 3.05) is 0 Å². The van der Waals surface area contributed by atoms with E-state index in [0.29, 0.717) is 18.3 Å². The van der Waals surface area contributed by atoms with Crippen LogP contribution in [0.25, 0.3) is 0 Å². The molecule has 1 rings (SSSR count). The molecule has 21 heavy (non-hydrogen) atoms. The highest BCUT2D eigenvalue weighted by molar-refractivity contribution is 5.91. The van der Waals surface area contributed by atoms with Crippen LogP contribution in [-0.2, 0) is 4.79 Å². The lowest BCUT2D eigenvalue weighted by molar-refractivity contribution is -0.114. The number of hydrogen-bond donors (Lipinski definition) is 0. The molecule has 0 saturated heterocycles. The fourth-order valence-electron chi connectivity index (χ4n) is 3.45. The second-order valence-corrected chi connectivity index (χ2v) is 7.10. The molecule has 0 amide bonds. The molecular formula is C20H30O. The first-order valence-electron chi connectivity index (χ1n) is 7.84. The molecule has 0 radical (unpaired) electrons. The second-order valence-electron chi connectivity index (χ2n) is 7.10. The predicted molar refractivity (Wildman–Crippen MR) is 92.1 cm³/mol. The van der Waals surface area contributed by atoms with E-state index in [-0.39, 0.29) is 11.2 Å². The van der Waals surface area contributed by atoms with Crippen LogP contribution in [0.2, 0.25) is 0 Å². The maximum atomic E-state index is 11.9. The van der Waals surface area contributed by atoms with Crippen molar-refractivity contribution in [3.8, 4) is 0 Å². The van der Waals surface area contributed by atoms with Crippen LogP contribution in [-0.4, -0.2) is 5.78 Å². The minimum absolute atomic E-state index is 0.131. The largest absolute Gasteiger partial charge is 0.295 e. The van der Waals surface area contributed by atoms with Crippen molar-refractivity contribution < 1.29 is 4.79 Å². The molecule has 1 saturated carbocycles. The summed E-state index contributed by atoms with van der Waals surface area (Å²) in [6.07, 6.45) is 7.50. The van der Waals surface area contributed by atoms with E-state index in [9.17, 15) is 4.79 Å². The van der Waals surface area contributed by atoms with Gasteiger partial charge in [-0.2, -0.15) is 0 Å². The van der Waals surface area contributed by atoms with Crippen molar-refractivity contribution >= 4 is 5.78 Å². The summed E-state index contributed by atoms with van der Waals surface area (Å²) in [7, 11) is 0. The van der Waals surface area contributed by atoms with Gasteiger partial charge < -0.3 is 0 Å². The van der Waals surface area contributed by atoms with Gasteiger partial charge in [-0.05, 0) is 63.4 Å². The molecule has 0 spiro atoms. The van der Waals surface area contributed by atoms with Gasteiger partial charge >= 0.3 is 0 Å². The van der Waals surface area contributed by atoms with Crippen LogP contribution in [0.5, 0.6) is 0 Å². The van der Waals surface area contributed by atoms with E-state index in [0.717, 1.165) is 30.4 Å². The highest BCUT2D eigenvalue weighted by Crippen LogP contribution is 2.49. The molecule has 3 unspecified atom stereocenters. The fourth-order valence-corrected chi connectivity index (χ4v) is 3.45. The summed E-state index contributed by atoms with van der Waals surface area (Å²) < 4.78 is 0. The summed E-state index contributed by atoms with van der Waals surface area (Å²) in [5.74, 6) is 1.03. The number of allylic oxidation sites excluding steroid dienone is 5. The lowest BCUT2D eigenvalue weighted by Gasteiger charge is -2.43. The number of ketones is 1. The van der Waals surface area contributed by atoms with Crippen molar-refractivity contribution in [2.24, 2.45) is 17.3 Å². The number of carbonyl (C=O) groups excluding carboxylic acids is 1. The summed E-state index contributed by atoms with van der Waals surface area (Å²) in [6.45, 7) is 20.6. The Morgan fingerprint density at radius 1 is 1.29 bits per heavy atom. The zero-order valence-corrected chi connectivity index (χ0v) is 14.2. The Morgan fingerprint density at radius 3 is 2.38 bits per heavy atom. The fraction of sp³-hybridized carbons (Fsp3) is 0.550. The molecule has 116 valence electrons. The minimum atomic E-state index is 0.131. The van der Waals surface area contributed by atoms with Crippen molar-refractivity contribution in [3.05, 3.63) is 48.6 Å². The highest BCUT2D eigenvalue weighted by Gasteiger charge is 2.38. The minimum Gasteiger partial charge on any atom is -0.295 e. The van der Waals surface area contributed by atoms with Gasteiger partial charge in [-0.3, -0.25) is 4.79 Å². The van der Waals surface area contributed by atoms with Gasteiger partial charge in [0.2, 0.25) is 0 Å². The van der Waals surface area contributed by atoms with Crippen LogP contribution in [0.15, 0.2) is 48.6 Å². The molecule has 0 aromatic heterocycles. The molecule has 1 fully saturated rings. The SMILES string of the molecule is C=CC1(C)CCC(C(=C)CC(=O)C=C(C)C)CC1C(=C)C. The predicted octanol–water partition coefficient (Wildman–Crippen LogP) is 5.65. The normalized spacial score (nSPS) is 28.6. The molecule has 1 aliphatic carbocycles. The second kappa shape index (κ2) is 7.06. The quantitative estimate of drug-likeness (QED) is 0.455. The first-order valence-corrected chi connectivity index (χ1v) is 7.84. The zero-order chi connectivity index (χ0) is 16.2. The smallest absolute Gasteiger partial charge is 0.159 e. The Balaban J connectivity index is 2.77. The van der Waals surface area contributed by atoms with Crippen LogP contribution < -0.4 is 0 Å². The van der Waals surface area contributed by atoms with Crippen molar-refractivity contribution in [1.82, 2.24) is 0 Å². The maximum Gasteiger partial charge on any atom is 0.159 e. The molecule has 3 atom stereocenters. The molecule has 1 nitrogen and oxygen atoms in total. The lowest BCUT2D eigenvalue weighted by Crippen LogP contribution is -2.34. The molecule has 0 aromatic rings. The third kappa shape index (κ3) is 4.56. The van der Waals surface area contributed by atoms with E-state index in [2.05, 4.69) is 39.7 Å². The molecule has 1 heteroatoms. The van der Waals surface area contributed by atoms with Gasteiger partial charge in [-0.15, -0.1) is 6.58 Å². The summed E-state index contributed by atoms with van der Waals surface area (Å²) in [4.78, 5) is 11.9.